The third kappa shape index (κ3) is 3.71. The molecule has 4 N–H and O–H groups in total. The van der Waals surface area contributed by atoms with Crippen molar-refractivity contribution in [3.63, 3.8) is 0 Å². The Kier molecular flexibility index (Phi) is 4.07. The summed E-state index contributed by atoms with van der Waals surface area (Å²) in [6.45, 7) is 4.29. The van der Waals surface area contributed by atoms with Crippen molar-refractivity contribution in [2.75, 3.05) is 6.54 Å². The molecule has 17 heavy (non-hydrogen) atoms. The molecule has 1 aromatic carbocycles. The van der Waals surface area contributed by atoms with Gasteiger partial charge in [0.15, 0.2) is 11.6 Å². The van der Waals surface area contributed by atoms with Gasteiger partial charge in [0.2, 0.25) is 5.91 Å². The molecule has 1 aromatic rings. The highest BCUT2D eigenvalue weighted by Crippen LogP contribution is 2.16. The minimum atomic E-state index is -0.654. The third-order valence-corrected chi connectivity index (χ3v) is 2.58. The van der Waals surface area contributed by atoms with E-state index in [0.29, 0.717) is 18.7 Å². The summed E-state index contributed by atoms with van der Waals surface area (Å²) in [6, 6.07) is 4.16. The zero-order valence-electron chi connectivity index (χ0n) is 9.96. The van der Waals surface area contributed by atoms with Crippen molar-refractivity contribution in [2.45, 2.75) is 20.4 Å². The number of benzene rings is 1. The van der Waals surface area contributed by atoms with Crippen LogP contribution in [0.1, 0.15) is 19.4 Å². The first-order chi connectivity index (χ1) is 7.83. The Balaban J connectivity index is 2.51. The number of nitrogens with two attached hydrogens (primary N) is 1. The van der Waals surface area contributed by atoms with E-state index in [1.54, 1.807) is 19.9 Å². The summed E-state index contributed by atoms with van der Waals surface area (Å²) in [5, 5.41) is 12.0. The molecular formula is C12H17FN2O2. The molecular weight excluding hydrogens is 223 g/mol. The van der Waals surface area contributed by atoms with Gasteiger partial charge >= 0.3 is 0 Å². The van der Waals surface area contributed by atoms with E-state index < -0.39 is 11.2 Å². The standard InChI is InChI=1S/C12H17FN2O2/c1-12(2,11(14)17)7-15-6-8-3-4-10(16)9(13)5-8/h3-5,15-16H,6-7H2,1-2H3,(H2,14,17). The van der Waals surface area contributed by atoms with Gasteiger partial charge in [0.05, 0.1) is 5.41 Å². The highest BCUT2D eigenvalue weighted by atomic mass is 19.1. The lowest BCUT2D eigenvalue weighted by Crippen LogP contribution is -2.40. The lowest BCUT2D eigenvalue weighted by Gasteiger charge is -2.20. The lowest BCUT2D eigenvalue weighted by molar-refractivity contribution is -0.125. The van der Waals surface area contributed by atoms with Gasteiger partial charge in [0, 0.05) is 13.1 Å². The Morgan fingerprint density at radius 2 is 2.18 bits per heavy atom. The van der Waals surface area contributed by atoms with Crippen molar-refractivity contribution in [3.8, 4) is 5.75 Å². The summed E-state index contributed by atoms with van der Waals surface area (Å²) < 4.78 is 13.0. The number of rotatable bonds is 5. The molecule has 0 radical (unpaired) electrons. The SMILES string of the molecule is CC(C)(CNCc1ccc(O)c(F)c1)C(N)=O. The molecule has 5 heteroatoms. The van der Waals surface area contributed by atoms with Gasteiger partial charge in [0.1, 0.15) is 0 Å². The Hall–Kier alpha value is -1.62. The molecule has 1 rings (SSSR count). The highest BCUT2D eigenvalue weighted by molar-refractivity contribution is 5.80. The number of phenols is 1. The number of amides is 1. The topological polar surface area (TPSA) is 75.3 Å². The molecule has 0 heterocycles. The average molecular weight is 240 g/mol. The van der Waals surface area contributed by atoms with Gasteiger partial charge in [-0.05, 0) is 31.5 Å². The summed E-state index contributed by atoms with van der Waals surface area (Å²) in [5.41, 5.74) is 5.27. The quantitative estimate of drug-likeness (QED) is 0.722. The molecule has 4 nitrogen and oxygen atoms in total. The summed E-state index contributed by atoms with van der Waals surface area (Å²) in [4.78, 5) is 11.1. The van der Waals surface area contributed by atoms with Crippen molar-refractivity contribution in [2.24, 2.45) is 11.1 Å². The van der Waals surface area contributed by atoms with Crippen molar-refractivity contribution in [1.29, 1.82) is 0 Å². The summed E-state index contributed by atoms with van der Waals surface area (Å²) in [7, 11) is 0. The number of aromatic hydroxyl groups is 1. The largest absolute Gasteiger partial charge is 0.505 e. The number of halogens is 1. The lowest BCUT2D eigenvalue weighted by atomic mass is 9.93. The minimum absolute atomic E-state index is 0.369. The molecule has 0 fully saturated rings. The van der Waals surface area contributed by atoms with Crippen LogP contribution >= 0.6 is 0 Å². The molecule has 0 spiro atoms. The van der Waals surface area contributed by atoms with E-state index in [2.05, 4.69) is 5.32 Å². The maximum absolute atomic E-state index is 13.0. The molecule has 0 aromatic heterocycles. The van der Waals surface area contributed by atoms with E-state index in [1.165, 1.54) is 12.1 Å². The third-order valence-electron chi connectivity index (χ3n) is 2.58. The van der Waals surface area contributed by atoms with Gasteiger partial charge in [-0.25, -0.2) is 4.39 Å². The van der Waals surface area contributed by atoms with E-state index in [0.717, 1.165) is 0 Å². The van der Waals surface area contributed by atoms with E-state index in [1.807, 2.05) is 0 Å². The van der Waals surface area contributed by atoms with Crippen molar-refractivity contribution in [3.05, 3.63) is 29.6 Å². The van der Waals surface area contributed by atoms with Crippen LogP contribution < -0.4 is 11.1 Å². The summed E-state index contributed by atoms with van der Waals surface area (Å²) >= 11 is 0. The van der Waals surface area contributed by atoms with Gasteiger partial charge in [-0.2, -0.15) is 0 Å². The fourth-order valence-corrected chi connectivity index (χ4v) is 1.27. The monoisotopic (exact) mass is 240 g/mol. The Morgan fingerprint density at radius 1 is 1.53 bits per heavy atom. The van der Waals surface area contributed by atoms with Crippen LogP contribution in [0, 0.1) is 11.2 Å². The van der Waals surface area contributed by atoms with Crippen LogP contribution in [0.15, 0.2) is 18.2 Å². The van der Waals surface area contributed by atoms with Gasteiger partial charge < -0.3 is 16.2 Å². The number of nitrogens with one attached hydrogen (secondary N) is 1. The van der Waals surface area contributed by atoms with Crippen LogP contribution in [0.5, 0.6) is 5.75 Å². The average Bonchev–Trinajstić information content (AvgIpc) is 2.23. The number of primary amides is 1. The molecule has 0 aliphatic rings. The van der Waals surface area contributed by atoms with Crippen LogP contribution in [0.4, 0.5) is 4.39 Å². The van der Waals surface area contributed by atoms with Gasteiger partial charge in [0.25, 0.3) is 0 Å². The minimum Gasteiger partial charge on any atom is -0.505 e. The highest BCUT2D eigenvalue weighted by Gasteiger charge is 2.23. The first-order valence-electron chi connectivity index (χ1n) is 5.31. The van der Waals surface area contributed by atoms with E-state index >= 15 is 0 Å². The predicted molar refractivity (Wildman–Crippen MR) is 62.7 cm³/mol. The molecule has 0 saturated heterocycles. The molecule has 0 saturated carbocycles. The van der Waals surface area contributed by atoms with Crippen LogP contribution in [-0.2, 0) is 11.3 Å². The molecule has 0 aliphatic carbocycles. The Labute approximate surface area is 99.6 Å². The maximum atomic E-state index is 13.0. The van der Waals surface area contributed by atoms with Crippen LogP contribution in [0.25, 0.3) is 0 Å². The normalized spacial score (nSPS) is 11.5. The van der Waals surface area contributed by atoms with Gasteiger partial charge in [-0.3, -0.25) is 4.79 Å². The second-order valence-electron chi connectivity index (χ2n) is 4.64. The predicted octanol–water partition coefficient (Wildman–Crippen LogP) is 1.13. The number of carbonyl (C=O) groups excluding carboxylic acids is 1. The molecule has 0 atom stereocenters. The summed E-state index contributed by atoms with van der Waals surface area (Å²) in [6.07, 6.45) is 0. The summed E-state index contributed by atoms with van der Waals surface area (Å²) in [5.74, 6) is -1.41. The number of phenolic OH excluding ortho intramolecular Hbond substituents is 1. The molecule has 0 unspecified atom stereocenters. The first-order valence-corrected chi connectivity index (χ1v) is 5.31. The molecule has 94 valence electrons. The van der Waals surface area contributed by atoms with Crippen molar-refractivity contribution in [1.82, 2.24) is 5.32 Å². The molecule has 0 aliphatic heterocycles. The second-order valence-corrected chi connectivity index (χ2v) is 4.64. The number of carbonyl (C=O) groups is 1. The number of hydrogen-bond acceptors (Lipinski definition) is 3. The van der Waals surface area contributed by atoms with Gasteiger partial charge in [-0.1, -0.05) is 6.07 Å². The maximum Gasteiger partial charge on any atom is 0.224 e. The van der Waals surface area contributed by atoms with E-state index in [-0.39, 0.29) is 11.7 Å². The Morgan fingerprint density at radius 3 is 2.71 bits per heavy atom. The second kappa shape index (κ2) is 5.14. The fourth-order valence-electron chi connectivity index (χ4n) is 1.27. The van der Waals surface area contributed by atoms with Crippen LogP contribution in [0.3, 0.4) is 0 Å². The van der Waals surface area contributed by atoms with Crippen LogP contribution in [0.2, 0.25) is 0 Å². The smallest absolute Gasteiger partial charge is 0.224 e. The van der Waals surface area contributed by atoms with E-state index in [4.69, 9.17) is 10.8 Å². The molecule has 0 bridgehead atoms. The first kappa shape index (κ1) is 13.4. The molecule has 1 amide bonds. The number of hydrogen-bond donors (Lipinski definition) is 3. The van der Waals surface area contributed by atoms with Crippen molar-refractivity contribution >= 4 is 5.91 Å². The van der Waals surface area contributed by atoms with E-state index in [9.17, 15) is 9.18 Å². The Bertz CT molecular complexity index is 419. The van der Waals surface area contributed by atoms with Crippen LogP contribution in [-0.4, -0.2) is 17.6 Å². The fraction of sp³-hybridized carbons (Fsp3) is 0.417. The zero-order valence-corrected chi connectivity index (χ0v) is 9.96. The van der Waals surface area contributed by atoms with Gasteiger partial charge in [-0.15, -0.1) is 0 Å². The van der Waals surface area contributed by atoms with Crippen molar-refractivity contribution < 1.29 is 14.3 Å². The zero-order chi connectivity index (χ0) is 13.1.